The Balaban J connectivity index is 2.40. The van der Waals surface area contributed by atoms with Gasteiger partial charge in [0.05, 0.1) is 4.92 Å². The average molecular weight is 289 g/mol. The highest BCUT2D eigenvalue weighted by Gasteiger charge is 2.10. The molecular formula is C11H11N7O3. The van der Waals surface area contributed by atoms with E-state index in [4.69, 9.17) is 11.1 Å². The highest BCUT2D eigenvalue weighted by molar-refractivity contribution is 5.75. The molecule has 2 rings (SSSR count). The topological polar surface area (TPSA) is 153 Å². The zero-order valence-corrected chi connectivity index (χ0v) is 10.9. The molecule has 0 aliphatic heterocycles. The Morgan fingerprint density at radius 2 is 2.24 bits per heavy atom. The minimum atomic E-state index is -0.539. The second-order valence-corrected chi connectivity index (χ2v) is 4.03. The lowest BCUT2D eigenvalue weighted by atomic mass is 10.3. The Kier molecular flexibility index (Phi) is 3.61. The predicted octanol–water partition coefficient (Wildman–Crippen LogP) is 0.652. The van der Waals surface area contributed by atoms with Crippen molar-refractivity contribution in [2.45, 2.75) is 6.92 Å². The molecule has 10 nitrogen and oxygen atoms in total. The molecule has 0 saturated heterocycles. The maximum absolute atomic E-state index is 11.3. The third-order valence-corrected chi connectivity index (χ3v) is 2.49. The number of nitrogens with two attached hydrogens (primary N) is 1. The van der Waals surface area contributed by atoms with Crippen molar-refractivity contribution in [1.29, 1.82) is 5.41 Å². The molecule has 0 aliphatic carbocycles. The van der Waals surface area contributed by atoms with Crippen LogP contribution in [0.1, 0.15) is 11.7 Å². The number of nitrogens with zero attached hydrogens (tertiary/aromatic N) is 4. The number of nitrogen functional groups attached to an aromatic ring is 1. The highest BCUT2D eigenvalue weighted by Crippen LogP contribution is 2.19. The summed E-state index contributed by atoms with van der Waals surface area (Å²) in [5.74, 6) is -0.733. The fourth-order valence-electron chi connectivity index (χ4n) is 1.55. The lowest BCUT2D eigenvalue weighted by Crippen LogP contribution is -2.31. The van der Waals surface area contributed by atoms with Crippen LogP contribution in [0, 0.1) is 15.5 Å². The van der Waals surface area contributed by atoms with Gasteiger partial charge in [0.15, 0.2) is 11.3 Å². The van der Waals surface area contributed by atoms with E-state index in [0.29, 0.717) is 5.69 Å². The maximum Gasteiger partial charge on any atom is 0.271 e. The number of rotatable bonds is 3. The highest BCUT2D eigenvalue weighted by atomic mass is 16.6. The number of nitrogens with one attached hydrogen (secondary N) is 2. The van der Waals surface area contributed by atoms with E-state index in [9.17, 15) is 14.9 Å². The van der Waals surface area contributed by atoms with Gasteiger partial charge in [0, 0.05) is 24.7 Å². The van der Waals surface area contributed by atoms with Gasteiger partial charge in [-0.15, -0.1) is 5.10 Å². The van der Waals surface area contributed by atoms with Crippen molar-refractivity contribution in [3.63, 3.8) is 0 Å². The second kappa shape index (κ2) is 5.36. The van der Waals surface area contributed by atoms with Crippen LogP contribution in [0.25, 0.3) is 0 Å². The summed E-state index contributed by atoms with van der Waals surface area (Å²) in [6.45, 7) is 1.22. The molecule has 108 valence electrons. The van der Waals surface area contributed by atoms with E-state index in [-0.39, 0.29) is 22.9 Å². The Bertz CT molecular complexity index is 784. The van der Waals surface area contributed by atoms with Crippen molar-refractivity contribution in [2.75, 3.05) is 11.1 Å². The lowest BCUT2D eigenvalue weighted by Gasteiger charge is -2.08. The first-order valence-electron chi connectivity index (χ1n) is 5.72. The smallest absolute Gasteiger partial charge is 0.271 e. The Morgan fingerprint density at radius 3 is 2.86 bits per heavy atom. The SMILES string of the molecule is CC(=O)n1nc(Nc2cccc([N+](=O)[O-])c2)nc(N)c1=N. The molecule has 10 heteroatoms. The number of carbonyl (C=O) groups excluding carboxylic acids is 1. The van der Waals surface area contributed by atoms with Gasteiger partial charge in [0.1, 0.15) is 0 Å². The van der Waals surface area contributed by atoms with Crippen LogP contribution in [-0.4, -0.2) is 25.6 Å². The first-order chi connectivity index (χ1) is 9.88. The molecule has 1 aromatic heterocycles. The number of hydrogen-bond acceptors (Lipinski definition) is 8. The molecular weight excluding hydrogens is 278 g/mol. The molecule has 0 saturated carbocycles. The van der Waals surface area contributed by atoms with E-state index in [2.05, 4.69) is 15.4 Å². The van der Waals surface area contributed by atoms with E-state index >= 15 is 0 Å². The summed E-state index contributed by atoms with van der Waals surface area (Å²) in [7, 11) is 0. The van der Waals surface area contributed by atoms with Crippen LogP contribution in [0.2, 0.25) is 0 Å². The molecule has 0 spiro atoms. The minimum Gasteiger partial charge on any atom is -0.380 e. The van der Waals surface area contributed by atoms with Gasteiger partial charge >= 0.3 is 0 Å². The summed E-state index contributed by atoms with van der Waals surface area (Å²) in [5.41, 5.74) is 5.46. The first-order valence-corrected chi connectivity index (χ1v) is 5.72. The molecule has 0 unspecified atom stereocenters. The van der Waals surface area contributed by atoms with Gasteiger partial charge in [0.2, 0.25) is 11.9 Å². The standard InChI is InChI=1S/C11H11N7O3/c1-6(19)17-10(13)9(12)15-11(16-17)14-7-3-2-4-8(5-7)18(20)21/h2-5,13H,1H3,(H3,12,14,15,16). The van der Waals surface area contributed by atoms with Gasteiger partial charge < -0.3 is 11.1 Å². The first kappa shape index (κ1) is 14.1. The number of aromatic nitrogens is 3. The molecule has 0 radical (unpaired) electrons. The van der Waals surface area contributed by atoms with Crippen molar-refractivity contribution in [2.24, 2.45) is 0 Å². The summed E-state index contributed by atoms with van der Waals surface area (Å²) < 4.78 is 0.780. The lowest BCUT2D eigenvalue weighted by molar-refractivity contribution is -0.384. The van der Waals surface area contributed by atoms with Crippen LogP contribution in [0.15, 0.2) is 24.3 Å². The zero-order chi connectivity index (χ0) is 15.6. The molecule has 0 aliphatic rings. The zero-order valence-electron chi connectivity index (χ0n) is 10.9. The van der Waals surface area contributed by atoms with Gasteiger partial charge in [-0.25, -0.2) is 0 Å². The molecule has 0 amide bonds. The summed E-state index contributed by atoms with van der Waals surface area (Å²) in [6.07, 6.45) is 0. The fraction of sp³-hybridized carbons (Fsp3) is 0.0909. The predicted molar refractivity (Wildman–Crippen MR) is 73.0 cm³/mol. The van der Waals surface area contributed by atoms with Crippen molar-refractivity contribution < 1.29 is 9.72 Å². The van der Waals surface area contributed by atoms with Crippen LogP contribution in [0.4, 0.5) is 23.1 Å². The number of nitro groups is 1. The van der Waals surface area contributed by atoms with Gasteiger partial charge in [-0.05, 0) is 6.07 Å². The van der Waals surface area contributed by atoms with E-state index < -0.39 is 10.8 Å². The summed E-state index contributed by atoms with van der Waals surface area (Å²) in [6, 6.07) is 5.68. The van der Waals surface area contributed by atoms with Crippen LogP contribution >= 0.6 is 0 Å². The monoisotopic (exact) mass is 289 g/mol. The van der Waals surface area contributed by atoms with Crippen LogP contribution in [0.5, 0.6) is 0 Å². The third-order valence-electron chi connectivity index (χ3n) is 2.49. The van der Waals surface area contributed by atoms with Gasteiger partial charge in [0.25, 0.3) is 5.69 Å². The molecule has 1 heterocycles. The largest absolute Gasteiger partial charge is 0.380 e. The fourth-order valence-corrected chi connectivity index (χ4v) is 1.55. The third kappa shape index (κ3) is 3.00. The van der Waals surface area contributed by atoms with Crippen molar-refractivity contribution in [1.82, 2.24) is 14.8 Å². The second-order valence-electron chi connectivity index (χ2n) is 4.03. The van der Waals surface area contributed by atoms with E-state index in [0.717, 1.165) is 4.68 Å². The van der Waals surface area contributed by atoms with Crippen LogP contribution < -0.4 is 16.5 Å². The Hall–Kier alpha value is -3.30. The number of carbonyl (C=O) groups is 1. The quantitative estimate of drug-likeness (QED) is 0.553. The Labute approximate surface area is 117 Å². The van der Waals surface area contributed by atoms with Crippen molar-refractivity contribution in [3.05, 3.63) is 39.9 Å². The molecule has 2 aromatic rings. The van der Waals surface area contributed by atoms with Crippen molar-refractivity contribution >= 4 is 29.0 Å². The van der Waals surface area contributed by atoms with Gasteiger partial charge in [-0.3, -0.25) is 20.3 Å². The van der Waals surface area contributed by atoms with E-state index in [1.807, 2.05) is 0 Å². The molecule has 4 N–H and O–H groups in total. The van der Waals surface area contributed by atoms with Crippen LogP contribution in [0.3, 0.4) is 0 Å². The maximum atomic E-state index is 11.3. The summed E-state index contributed by atoms with van der Waals surface area (Å²) >= 11 is 0. The molecule has 0 atom stereocenters. The molecule has 21 heavy (non-hydrogen) atoms. The van der Waals surface area contributed by atoms with E-state index in [1.54, 1.807) is 6.07 Å². The average Bonchev–Trinajstić information content (AvgIpc) is 2.42. The molecule has 1 aromatic carbocycles. The number of benzene rings is 1. The minimum absolute atomic E-state index is 0.0424. The van der Waals surface area contributed by atoms with Crippen LogP contribution in [-0.2, 0) is 0 Å². The summed E-state index contributed by atoms with van der Waals surface area (Å²) in [4.78, 5) is 25.3. The number of hydrogen-bond donors (Lipinski definition) is 3. The number of anilines is 3. The normalized spacial score (nSPS) is 10.1. The number of non-ortho nitro benzene ring substituents is 1. The van der Waals surface area contributed by atoms with Gasteiger partial charge in [-0.2, -0.15) is 9.67 Å². The molecule has 0 fully saturated rings. The van der Waals surface area contributed by atoms with Gasteiger partial charge in [-0.1, -0.05) is 6.07 Å². The number of nitro benzene ring substituents is 1. The van der Waals surface area contributed by atoms with Crippen molar-refractivity contribution in [3.8, 4) is 0 Å². The summed E-state index contributed by atoms with van der Waals surface area (Å²) in [5, 5.41) is 24.8. The Morgan fingerprint density at radius 1 is 1.52 bits per heavy atom. The van der Waals surface area contributed by atoms with E-state index in [1.165, 1.54) is 25.1 Å². The molecule has 0 bridgehead atoms.